The van der Waals surface area contributed by atoms with E-state index < -0.39 is 6.61 Å². The van der Waals surface area contributed by atoms with Crippen LogP contribution in [0, 0.1) is 0 Å². The molecule has 1 aliphatic heterocycles. The lowest BCUT2D eigenvalue weighted by molar-refractivity contribution is -0.128. The summed E-state index contributed by atoms with van der Waals surface area (Å²) >= 11 is 0. The lowest BCUT2D eigenvalue weighted by Gasteiger charge is -2.16. The third-order valence-corrected chi connectivity index (χ3v) is 5.59. The molecule has 0 bridgehead atoms. The van der Waals surface area contributed by atoms with Crippen LogP contribution >= 0.6 is 0 Å². The van der Waals surface area contributed by atoms with E-state index in [0.717, 1.165) is 18.5 Å². The summed E-state index contributed by atoms with van der Waals surface area (Å²) in [6, 6.07) is 18.4. The minimum atomic E-state index is -2.98. The van der Waals surface area contributed by atoms with Crippen LogP contribution in [0.1, 0.15) is 28.8 Å². The number of carbonyl (C=O) groups is 2. The molecule has 6 nitrogen and oxygen atoms in total. The van der Waals surface area contributed by atoms with E-state index >= 15 is 0 Å². The van der Waals surface area contributed by atoms with Crippen molar-refractivity contribution in [1.29, 1.82) is 0 Å². The van der Waals surface area contributed by atoms with Gasteiger partial charge in [-0.1, -0.05) is 24.3 Å². The van der Waals surface area contributed by atoms with Gasteiger partial charge in [-0.05, 0) is 60.0 Å². The van der Waals surface area contributed by atoms with Crippen molar-refractivity contribution in [3.63, 3.8) is 0 Å². The van der Waals surface area contributed by atoms with E-state index in [0.29, 0.717) is 41.1 Å². The van der Waals surface area contributed by atoms with Crippen LogP contribution < -0.4 is 14.8 Å². The summed E-state index contributed by atoms with van der Waals surface area (Å²) in [5, 5.41) is 2.81. The molecular formula is C26H24F2N2O4. The van der Waals surface area contributed by atoms with Crippen molar-refractivity contribution >= 4 is 17.5 Å². The van der Waals surface area contributed by atoms with Crippen molar-refractivity contribution in [3.05, 3.63) is 77.9 Å². The Kier molecular flexibility index (Phi) is 7.06. The fraction of sp³-hybridized carbons (Fsp3) is 0.231. The predicted molar refractivity (Wildman–Crippen MR) is 124 cm³/mol. The molecule has 1 saturated heterocycles. The van der Waals surface area contributed by atoms with Gasteiger partial charge in [-0.15, -0.1) is 0 Å². The number of methoxy groups -OCH3 is 1. The molecule has 0 spiro atoms. The molecule has 34 heavy (non-hydrogen) atoms. The maximum absolute atomic E-state index is 12.9. The van der Waals surface area contributed by atoms with Gasteiger partial charge in [-0.25, -0.2) is 0 Å². The number of ether oxygens (including phenoxy) is 2. The molecule has 176 valence electrons. The molecule has 1 heterocycles. The lowest BCUT2D eigenvalue weighted by atomic mass is 10.0. The van der Waals surface area contributed by atoms with Gasteiger partial charge in [0.1, 0.15) is 11.5 Å². The molecule has 3 aromatic carbocycles. The molecule has 1 aliphatic rings. The SMILES string of the molecule is COc1ccc(-c2cc(NC(=O)c3cccc(CN4CCCC4=O)c3)ccc2OC(F)F)cc1. The molecule has 0 aliphatic carbocycles. The van der Waals surface area contributed by atoms with Gasteiger partial charge in [0.25, 0.3) is 5.91 Å². The Balaban J connectivity index is 1.55. The van der Waals surface area contributed by atoms with E-state index in [9.17, 15) is 18.4 Å². The number of hydrogen-bond donors (Lipinski definition) is 1. The van der Waals surface area contributed by atoms with Crippen LogP contribution in [0.4, 0.5) is 14.5 Å². The second-order valence-corrected chi connectivity index (χ2v) is 7.89. The summed E-state index contributed by atoms with van der Waals surface area (Å²) in [6.07, 6.45) is 1.41. The van der Waals surface area contributed by atoms with Crippen LogP contribution in [-0.4, -0.2) is 37.0 Å². The Morgan fingerprint density at radius 2 is 1.88 bits per heavy atom. The second-order valence-electron chi connectivity index (χ2n) is 7.89. The molecule has 0 aromatic heterocycles. The summed E-state index contributed by atoms with van der Waals surface area (Å²) in [7, 11) is 1.54. The zero-order valence-electron chi connectivity index (χ0n) is 18.6. The van der Waals surface area contributed by atoms with Crippen LogP contribution in [0.2, 0.25) is 0 Å². The highest BCUT2D eigenvalue weighted by Gasteiger charge is 2.20. The summed E-state index contributed by atoms with van der Waals surface area (Å²) in [5.41, 5.74) is 2.76. The number of nitrogens with one attached hydrogen (secondary N) is 1. The van der Waals surface area contributed by atoms with Gasteiger partial charge >= 0.3 is 6.61 Å². The predicted octanol–water partition coefficient (Wildman–Crippen LogP) is 5.34. The Hall–Kier alpha value is -3.94. The molecule has 0 atom stereocenters. The largest absolute Gasteiger partial charge is 0.497 e. The van der Waals surface area contributed by atoms with E-state index in [4.69, 9.17) is 4.74 Å². The Labute approximate surface area is 196 Å². The van der Waals surface area contributed by atoms with Gasteiger partial charge in [0.2, 0.25) is 5.91 Å². The van der Waals surface area contributed by atoms with Crippen LogP contribution in [0.3, 0.4) is 0 Å². The second kappa shape index (κ2) is 10.3. The number of anilines is 1. The minimum Gasteiger partial charge on any atom is -0.497 e. The Morgan fingerprint density at radius 3 is 2.56 bits per heavy atom. The lowest BCUT2D eigenvalue weighted by Crippen LogP contribution is -2.24. The highest BCUT2D eigenvalue weighted by molar-refractivity contribution is 6.04. The number of amides is 2. The van der Waals surface area contributed by atoms with Gasteiger partial charge in [0, 0.05) is 36.3 Å². The molecule has 0 unspecified atom stereocenters. The number of likely N-dealkylation sites (tertiary alicyclic amines) is 1. The smallest absolute Gasteiger partial charge is 0.387 e. The van der Waals surface area contributed by atoms with Gasteiger partial charge < -0.3 is 19.7 Å². The van der Waals surface area contributed by atoms with Crippen LogP contribution in [0.5, 0.6) is 11.5 Å². The first kappa shape index (κ1) is 23.2. The number of halogens is 2. The molecule has 1 fully saturated rings. The quantitative estimate of drug-likeness (QED) is 0.487. The van der Waals surface area contributed by atoms with Gasteiger partial charge in [0.05, 0.1) is 7.11 Å². The van der Waals surface area contributed by atoms with E-state index in [1.165, 1.54) is 19.2 Å². The number of hydrogen-bond acceptors (Lipinski definition) is 4. The van der Waals surface area contributed by atoms with Crippen LogP contribution in [0.25, 0.3) is 11.1 Å². The van der Waals surface area contributed by atoms with Crippen molar-refractivity contribution in [3.8, 4) is 22.6 Å². The van der Waals surface area contributed by atoms with Crippen molar-refractivity contribution in [2.24, 2.45) is 0 Å². The monoisotopic (exact) mass is 466 g/mol. The van der Waals surface area contributed by atoms with Crippen molar-refractivity contribution < 1.29 is 27.8 Å². The molecule has 1 N–H and O–H groups in total. The van der Waals surface area contributed by atoms with E-state index in [1.54, 1.807) is 53.4 Å². The minimum absolute atomic E-state index is 0.00422. The molecule has 0 radical (unpaired) electrons. The number of benzene rings is 3. The number of alkyl halides is 2. The topological polar surface area (TPSA) is 67.9 Å². The van der Waals surface area contributed by atoms with Crippen LogP contribution in [0.15, 0.2) is 66.7 Å². The fourth-order valence-electron chi connectivity index (χ4n) is 3.91. The van der Waals surface area contributed by atoms with E-state index in [1.807, 2.05) is 6.07 Å². The normalized spacial score (nSPS) is 13.3. The van der Waals surface area contributed by atoms with Crippen LogP contribution in [-0.2, 0) is 11.3 Å². The van der Waals surface area contributed by atoms with Crippen molar-refractivity contribution in [2.75, 3.05) is 19.0 Å². The van der Waals surface area contributed by atoms with Gasteiger partial charge in [-0.3, -0.25) is 9.59 Å². The first-order valence-corrected chi connectivity index (χ1v) is 10.8. The average molecular weight is 466 g/mol. The van der Waals surface area contributed by atoms with E-state index in [2.05, 4.69) is 10.1 Å². The maximum Gasteiger partial charge on any atom is 0.387 e. The molecule has 2 amide bonds. The fourth-order valence-corrected chi connectivity index (χ4v) is 3.91. The first-order valence-electron chi connectivity index (χ1n) is 10.8. The Bertz CT molecular complexity index is 1180. The highest BCUT2D eigenvalue weighted by atomic mass is 19.3. The average Bonchev–Trinajstić information content (AvgIpc) is 3.24. The number of nitrogens with zero attached hydrogens (tertiary/aromatic N) is 1. The van der Waals surface area contributed by atoms with Crippen molar-refractivity contribution in [1.82, 2.24) is 4.90 Å². The zero-order valence-corrected chi connectivity index (χ0v) is 18.6. The number of carbonyl (C=O) groups excluding carboxylic acids is 2. The Morgan fingerprint density at radius 1 is 1.09 bits per heavy atom. The summed E-state index contributed by atoms with van der Waals surface area (Å²) in [5.74, 6) is 0.389. The first-order chi connectivity index (χ1) is 16.4. The van der Waals surface area contributed by atoms with E-state index in [-0.39, 0.29) is 17.6 Å². The number of rotatable bonds is 8. The summed E-state index contributed by atoms with van der Waals surface area (Å²) in [4.78, 5) is 26.6. The maximum atomic E-state index is 12.9. The van der Waals surface area contributed by atoms with Crippen molar-refractivity contribution in [2.45, 2.75) is 26.0 Å². The standard InChI is InChI=1S/C26H24F2N2O4/c1-33-21-10-7-18(8-11-21)22-15-20(9-12-23(22)34-26(27)28)29-25(32)19-5-2-4-17(14-19)16-30-13-3-6-24(30)31/h2,4-5,7-12,14-15,26H,3,6,13,16H2,1H3,(H,29,32). The molecule has 4 rings (SSSR count). The summed E-state index contributed by atoms with van der Waals surface area (Å²) in [6.45, 7) is -1.81. The summed E-state index contributed by atoms with van der Waals surface area (Å²) < 4.78 is 35.7. The third kappa shape index (κ3) is 5.51. The zero-order chi connectivity index (χ0) is 24.1. The van der Waals surface area contributed by atoms with Gasteiger partial charge in [0.15, 0.2) is 0 Å². The third-order valence-electron chi connectivity index (χ3n) is 5.59. The molecular weight excluding hydrogens is 442 g/mol. The van der Waals surface area contributed by atoms with Gasteiger partial charge in [-0.2, -0.15) is 8.78 Å². The molecule has 3 aromatic rings. The molecule has 8 heteroatoms. The highest BCUT2D eigenvalue weighted by Crippen LogP contribution is 2.34. The molecule has 0 saturated carbocycles.